The quantitative estimate of drug-likeness (QED) is 0.871. The second kappa shape index (κ2) is 6.45. The Labute approximate surface area is 124 Å². The van der Waals surface area contributed by atoms with Crippen molar-refractivity contribution in [2.45, 2.75) is 25.8 Å². The molecule has 0 bridgehead atoms. The monoisotopic (exact) mass is 296 g/mol. The third-order valence-corrected chi connectivity index (χ3v) is 4.87. The van der Waals surface area contributed by atoms with Crippen molar-refractivity contribution in [3.05, 3.63) is 10.9 Å². The van der Waals surface area contributed by atoms with Gasteiger partial charge in [0.2, 0.25) is 0 Å². The van der Waals surface area contributed by atoms with E-state index in [0.717, 1.165) is 18.1 Å². The number of anilines is 2. The number of nitrogens with zero attached hydrogens (tertiary/aromatic N) is 2. The Morgan fingerprint density at radius 3 is 3.00 bits per heavy atom. The number of thiophene rings is 1. The summed E-state index contributed by atoms with van der Waals surface area (Å²) in [6.45, 7) is 5.42. The van der Waals surface area contributed by atoms with Crippen molar-refractivity contribution in [1.29, 1.82) is 0 Å². The maximum absolute atomic E-state index is 12.0. The van der Waals surface area contributed by atoms with Crippen molar-refractivity contribution in [1.82, 2.24) is 9.80 Å². The second-order valence-electron chi connectivity index (χ2n) is 5.40. The summed E-state index contributed by atoms with van der Waals surface area (Å²) >= 11 is 1.44. The largest absolute Gasteiger partial charge is 0.397 e. The molecule has 1 aliphatic heterocycles. The summed E-state index contributed by atoms with van der Waals surface area (Å²) in [6.07, 6.45) is 2.52. The maximum atomic E-state index is 12.0. The number of hydrogen-bond acceptors (Lipinski definition) is 5. The molecular formula is C14H24N4OS. The number of nitrogens with two attached hydrogens (primary N) is 1. The maximum Gasteiger partial charge on any atom is 0.265 e. The molecule has 0 saturated carbocycles. The van der Waals surface area contributed by atoms with Crippen LogP contribution in [-0.2, 0) is 0 Å². The van der Waals surface area contributed by atoms with Gasteiger partial charge in [0, 0.05) is 26.7 Å². The lowest BCUT2D eigenvalue weighted by Crippen LogP contribution is -2.34. The lowest BCUT2D eigenvalue weighted by atomic mass is 10.2. The molecule has 1 aromatic heterocycles. The molecule has 2 heterocycles. The van der Waals surface area contributed by atoms with Gasteiger partial charge in [0.1, 0.15) is 4.88 Å². The molecule has 20 heavy (non-hydrogen) atoms. The molecule has 3 N–H and O–H groups in total. The molecule has 0 spiro atoms. The van der Waals surface area contributed by atoms with Gasteiger partial charge in [-0.1, -0.05) is 6.92 Å². The Morgan fingerprint density at radius 1 is 1.60 bits per heavy atom. The fourth-order valence-electron chi connectivity index (χ4n) is 2.62. The number of nitrogens with one attached hydrogen (secondary N) is 1. The van der Waals surface area contributed by atoms with E-state index in [9.17, 15) is 4.79 Å². The predicted molar refractivity (Wildman–Crippen MR) is 85.5 cm³/mol. The zero-order chi connectivity index (χ0) is 14.7. The molecule has 5 nitrogen and oxygen atoms in total. The molecule has 6 heteroatoms. The lowest BCUT2D eigenvalue weighted by molar-refractivity contribution is 0.0833. The van der Waals surface area contributed by atoms with Crippen LogP contribution in [0.5, 0.6) is 0 Å². The number of carbonyl (C=O) groups excluding carboxylic acids is 1. The van der Waals surface area contributed by atoms with Gasteiger partial charge in [-0.15, -0.1) is 11.3 Å². The van der Waals surface area contributed by atoms with Gasteiger partial charge in [-0.05, 0) is 32.0 Å². The van der Waals surface area contributed by atoms with Gasteiger partial charge >= 0.3 is 0 Å². The first kappa shape index (κ1) is 15.1. The minimum atomic E-state index is -0.0309. The van der Waals surface area contributed by atoms with Crippen LogP contribution in [0.4, 0.5) is 10.7 Å². The first-order chi connectivity index (χ1) is 9.52. The van der Waals surface area contributed by atoms with Crippen molar-refractivity contribution in [2.24, 2.45) is 0 Å². The molecule has 1 unspecified atom stereocenters. The van der Waals surface area contributed by atoms with E-state index >= 15 is 0 Å². The van der Waals surface area contributed by atoms with Crippen LogP contribution in [0.2, 0.25) is 0 Å². The Morgan fingerprint density at radius 2 is 2.35 bits per heavy atom. The number of hydrogen-bond donors (Lipinski definition) is 2. The van der Waals surface area contributed by atoms with Gasteiger partial charge in [0.05, 0.1) is 10.7 Å². The summed E-state index contributed by atoms with van der Waals surface area (Å²) in [7, 11) is 3.48. The zero-order valence-corrected chi connectivity index (χ0v) is 13.3. The standard InChI is InChI=1S/C14H24N4OS/c1-4-18-7-5-6-10(18)9-16-12-8-11(15)13(20-12)14(19)17(2)3/h8,10,16H,4-7,9,15H2,1-3H3. The summed E-state index contributed by atoms with van der Waals surface area (Å²) in [5.41, 5.74) is 6.49. The van der Waals surface area contributed by atoms with E-state index in [-0.39, 0.29) is 5.91 Å². The molecular weight excluding hydrogens is 272 g/mol. The van der Waals surface area contributed by atoms with Gasteiger partial charge in [-0.3, -0.25) is 9.69 Å². The minimum absolute atomic E-state index is 0.0309. The molecule has 112 valence electrons. The molecule has 1 fully saturated rings. The Bertz CT molecular complexity index is 472. The summed E-state index contributed by atoms with van der Waals surface area (Å²) in [5.74, 6) is -0.0309. The van der Waals surface area contributed by atoms with E-state index in [1.807, 2.05) is 6.07 Å². The SMILES string of the molecule is CCN1CCCC1CNc1cc(N)c(C(=O)N(C)C)s1. The highest BCUT2D eigenvalue weighted by atomic mass is 32.1. The molecule has 1 saturated heterocycles. The van der Waals surface area contributed by atoms with Crippen molar-refractivity contribution < 1.29 is 4.79 Å². The van der Waals surface area contributed by atoms with E-state index in [1.54, 1.807) is 19.0 Å². The van der Waals surface area contributed by atoms with Crippen LogP contribution < -0.4 is 11.1 Å². The highest BCUT2D eigenvalue weighted by Gasteiger charge is 2.23. The summed E-state index contributed by atoms with van der Waals surface area (Å²) in [5, 5.41) is 4.41. The van der Waals surface area contributed by atoms with Gasteiger partial charge in [0.15, 0.2) is 0 Å². The highest BCUT2D eigenvalue weighted by molar-refractivity contribution is 7.18. The number of nitrogen functional groups attached to an aromatic ring is 1. The minimum Gasteiger partial charge on any atom is -0.397 e. The second-order valence-corrected chi connectivity index (χ2v) is 6.45. The smallest absolute Gasteiger partial charge is 0.265 e. The van der Waals surface area contributed by atoms with Crippen LogP contribution in [0.1, 0.15) is 29.4 Å². The predicted octanol–water partition coefficient (Wildman–Crippen LogP) is 1.93. The molecule has 1 atom stereocenters. The molecule has 0 aromatic carbocycles. The van der Waals surface area contributed by atoms with Gasteiger partial charge in [-0.2, -0.15) is 0 Å². The number of carbonyl (C=O) groups is 1. The number of likely N-dealkylation sites (N-methyl/N-ethyl adjacent to an activating group) is 1. The Balaban J connectivity index is 1.97. The van der Waals surface area contributed by atoms with Crippen LogP contribution in [0.25, 0.3) is 0 Å². The molecule has 0 aliphatic carbocycles. The van der Waals surface area contributed by atoms with Gasteiger partial charge in [-0.25, -0.2) is 0 Å². The van der Waals surface area contributed by atoms with Crippen LogP contribution >= 0.6 is 11.3 Å². The third-order valence-electron chi connectivity index (χ3n) is 3.78. The summed E-state index contributed by atoms with van der Waals surface area (Å²) < 4.78 is 0. The highest BCUT2D eigenvalue weighted by Crippen LogP contribution is 2.30. The summed E-state index contributed by atoms with van der Waals surface area (Å²) in [4.78, 5) is 16.6. The van der Waals surface area contributed by atoms with Crippen LogP contribution in [-0.4, -0.2) is 55.5 Å². The van der Waals surface area contributed by atoms with Crippen LogP contribution in [0, 0.1) is 0 Å². The fourth-order valence-corrected chi connectivity index (χ4v) is 3.63. The number of rotatable bonds is 5. The van der Waals surface area contributed by atoms with E-state index in [4.69, 9.17) is 5.73 Å². The topological polar surface area (TPSA) is 61.6 Å². The Hall–Kier alpha value is -1.27. The van der Waals surface area contributed by atoms with Crippen molar-refractivity contribution in [2.75, 3.05) is 44.8 Å². The lowest BCUT2D eigenvalue weighted by Gasteiger charge is -2.22. The Kier molecular flexibility index (Phi) is 4.88. The van der Waals surface area contributed by atoms with Crippen molar-refractivity contribution in [3.8, 4) is 0 Å². The summed E-state index contributed by atoms with van der Waals surface area (Å²) in [6, 6.07) is 2.46. The average molecular weight is 296 g/mol. The van der Waals surface area contributed by atoms with Crippen LogP contribution in [0.3, 0.4) is 0 Å². The zero-order valence-electron chi connectivity index (χ0n) is 12.5. The van der Waals surface area contributed by atoms with Gasteiger partial charge < -0.3 is 16.0 Å². The van der Waals surface area contributed by atoms with Gasteiger partial charge in [0.25, 0.3) is 5.91 Å². The molecule has 0 radical (unpaired) electrons. The molecule has 1 aliphatic rings. The average Bonchev–Trinajstić information content (AvgIpc) is 3.01. The number of likely N-dealkylation sites (tertiary alicyclic amines) is 1. The first-order valence-electron chi connectivity index (χ1n) is 7.11. The van der Waals surface area contributed by atoms with E-state index in [2.05, 4.69) is 17.1 Å². The number of amides is 1. The van der Waals surface area contributed by atoms with E-state index in [0.29, 0.717) is 16.6 Å². The molecule has 2 rings (SSSR count). The van der Waals surface area contributed by atoms with E-state index < -0.39 is 0 Å². The van der Waals surface area contributed by atoms with Crippen molar-refractivity contribution in [3.63, 3.8) is 0 Å². The van der Waals surface area contributed by atoms with Crippen molar-refractivity contribution >= 4 is 27.9 Å². The normalized spacial score (nSPS) is 19.2. The van der Waals surface area contributed by atoms with Crippen LogP contribution in [0.15, 0.2) is 6.07 Å². The molecule has 1 amide bonds. The third kappa shape index (κ3) is 3.24. The van der Waals surface area contributed by atoms with E-state index in [1.165, 1.54) is 30.7 Å². The molecule has 1 aromatic rings. The fraction of sp³-hybridized carbons (Fsp3) is 0.643. The first-order valence-corrected chi connectivity index (χ1v) is 7.93.